The number of hydrogen-bond acceptors (Lipinski definition) is 3. The van der Waals surface area contributed by atoms with Crippen LogP contribution in [-0.4, -0.2) is 14.8 Å². The minimum absolute atomic E-state index is 0.582. The molecule has 2 rings (SSSR count). The highest BCUT2D eigenvalue weighted by Crippen LogP contribution is 2.18. The van der Waals surface area contributed by atoms with Crippen LogP contribution >= 0.6 is 22.9 Å². The van der Waals surface area contributed by atoms with Crippen LogP contribution < -0.4 is 0 Å². The lowest BCUT2D eigenvalue weighted by molar-refractivity contribution is 0.686. The van der Waals surface area contributed by atoms with Crippen molar-refractivity contribution in [3.8, 4) is 0 Å². The summed E-state index contributed by atoms with van der Waals surface area (Å²) in [4.78, 5) is 5.08. The molecule has 0 aliphatic carbocycles. The van der Waals surface area contributed by atoms with E-state index in [2.05, 4.69) is 10.1 Å². The lowest BCUT2D eigenvalue weighted by atomic mass is 10.5. The molecule has 0 aromatic carbocycles. The average Bonchev–Trinajstić information content (AvgIpc) is 2.62. The Morgan fingerprint density at radius 1 is 1.62 bits per heavy atom. The molecule has 0 aliphatic rings. The quantitative estimate of drug-likeness (QED) is 0.767. The molecule has 0 fully saturated rings. The molecule has 2 aromatic heterocycles. The zero-order valence-electron chi connectivity index (χ0n) is 7.07. The van der Waals surface area contributed by atoms with Crippen LogP contribution in [0.25, 0.3) is 0 Å². The maximum Gasteiger partial charge on any atom is 0.183 e. The van der Waals surface area contributed by atoms with Gasteiger partial charge in [0.05, 0.1) is 12.2 Å². The summed E-state index contributed by atoms with van der Waals surface area (Å²) < 4.78 is 2.46. The van der Waals surface area contributed by atoms with Gasteiger partial charge in [0.15, 0.2) is 4.47 Å². The fraction of sp³-hybridized carbons (Fsp3) is 0.250. The van der Waals surface area contributed by atoms with Crippen LogP contribution in [0.3, 0.4) is 0 Å². The van der Waals surface area contributed by atoms with Crippen LogP contribution in [0.15, 0.2) is 18.5 Å². The van der Waals surface area contributed by atoms with Gasteiger partial charge >= 0.3 is 0 Å². The van der Waals surface area contributed by atoms with Gasteiger partial charge in [-0.15, -0.1) is 11.3 Å². The highest BCUT2D eigenvalue weighted by molar-refractivity contribution is 7.15. The minimum Gasteiger partial charge on any atom is -0.267 e. The standard InChI is InChI=1S/C8H8ClN3S/c1-6-2-3-12(11-6)5-7-4-10-8(9)13-7/h2-4H,5H2,1H3. The molecule has 5 heteroatoms. The first-order chi connectivity index (χ1) is 6.24. The average molecular weight is 214 g/mol. The van der Waals surface area contributed by atoms with Gasteiger partial charge in [0.2, 0.25) is 0 Å². The Labute approximate surface area is 85.0 Å². The van der Waals surface area contributed by atoms with Crippen molar-refractivity contribution in [3.05, 3.63) is 33.5 Å². The predicted octanol–water partition coefficient (Wildman–Crippen LogP) is 2.35. The van der Waals surface area contributed by atoms with E-state index in [9.17, 15) is 0 Å². The summed E-state index contributed by atoms with van der Waals surface area (Å²) in [6.45, 7) is 2.72. The van der Waals surface area contributed by atoms with E-state index in [-0.39, 0.29) is 0 Å². The second kappa shape index (κ2) is 3.47. The molecule has 0 unspecified atom stereocenters. The third kappa shape index (κ3) is 2.08. The zero-order chi connectivity index (χ0) is 9.26. The zero-order valence-corrected chi connectivity index (χ0v) is 8.64. The number of hydrogen-bond donors (Lipinski definition) is 0. The van der Waals surface area contributed by atoms with E-state index < -0.39 is 0 Å². The van der Waals surface area contributed by atoms with Crippen molar-refractivity contribution >= 4 is 22.9 Å². The molecule has 0 radical (unpaired) electrons. The fourth-order valence-corrected chi connectivity index (χ4v) is 2.04. The highest BCUT2D eigenvalue weighted by Gasteiger charge is 2.00. The summed E-state index contributed by atoms with van der Waals surface area (Å²) >= 11 is 7.19. The molecule has 0 saturated heterocycles. The largest absolute Gasteiger partial charge is 0.267 e. The molecule has 13 heavy (non-hydrogen) atoms. The van der Waals surface area contributed by atoms with Crippen LogP contribution in [0.4, 0.5) is 0 Å². The van der Waals surface area contributed by atoms with E-state index in [1.165, 1.54) is 11.3 Å². The van der Waals surface area contributed by atoms with Crippen molar-refractivity contribution < 1.29 is 0 Å². The molecule has 0 atom stereocenters. The van der Waals surface area contributed by atoms with Gasteiger partial charge in [-0.1, -0.05) is 11.6 Å². The maximum absolute atomic E-state index is 5.71. The lowest BCUT2D eigenvalue weighted by Gasteiger charge is -1.95. The highest BCUT2D eigenvalue weighted by atomic mass is 35.5. The number of aryl methyl sites for hydroxylation is 1. The Morgan fingerprint density at radius 2 is 2.46 bits per heavy atom. The Hall–Kier alpha value is -0.870. The Kier molecular flexibility index (Phi) is 2.33. The maximum atomic E-state index is 5.71. The summed E-state index contributed by atoms with van der Waals surface area (Å²) in [5, 5.41) is 4.27. The molecule has 2 heterocycles. The molecular weight excluding hydrogens is 206 g/mol. The molecule has 0 saturated carbocycles. The number of aromatic nitrogens is 3. The van der Waals surface area contributed by atoms with Gasteiger partial charge in [-0.3, -0.25) is 4.68 Å². The summed E-state index contributed by atoms with van der Waals surface area (Å²) in [7, 11) is 0. The summed E-state index contributed by atoms with van der Waals surface area (Å²) in [5.41, 5.74) is 1.02. The van der Waals surface area contributed by atoms with E-state index in [4.69, 9.17) is 11.6 Å². The molecule has 68 valence electrons. The summed E-state index contributed by atoms with van der Waals surface area (Å²) in [6, 6.07) is 1.97. The third-order valence-corrected chi connectivity index (χ3v) is 2.72. The molecule has 0 amide bonds. The van der Waals surface area contributed by atoms with Crippen molar-refractivity contribution in [1.82, 2.24) is 14.8 Å². The molecular formula is C8H8ClN3S. The second-order valence-electron chi connectivity index (χ2n) is 2.73. The summed E-state index contributed by atoms with van der Waals surface area (Å²) in [5.74, 6) is 0. The van der Waals surface area contributed by atoms with Crippen LogP contribution in [-0.2, 0) is 6.54 Å². The Balaban J connectivity index is 2.14. The fourth-order valence-electron chi connectivity index (χ4n) is 1.07. The van der Waals surface area contributed by atoms with Crippen LogP contribution in [0, 0.1) is 6.92 Å². The van der Waals surface area contributed by atoms with E-state index in [0.717, 1.165) is 17.1 Å². The van der Waals surface area contributed by atoms with Crippen molar-refractivity contribution in [3.63, 3.8) is 0 Å². The molecule has 0 bridgehead atoms. The monoisotopic (exact) mass is 213 g/mol. The molecule has 0 aliphatic heterocycles. The second-order valence-corrected chi connectivity index (χ2v) is 4.43. The van der Waals surface area contributed by atoms with Gasteiger partial charge < -0.3 is 0 Å². The number of halogens is 1. The minimum atomic E-state index is 0.582. The van der Waals surface area contributed by atoms with Gasteiger partial charge in [0.25, 0.3) is 0 Å². The molecule has 0 N–H and O–H groups in total. The van der Waals surface area contributed by atoms with Crippen LogP contribution in [0.5, 0.6) is 0 Å². The number of nitrogens with zero attached hydrogens (tertiary/aromatic N) is 3. The summed E-state index contributed by atoms with van der Waals surface area (Å²) in [6.07, 6.45) is 3.73. The topological polar surface area (TPSA) is 30.7 Å². The van der Waals surface area contributed by atoms with Gasteiger partial charge in [-0.25, -0.2) is 4.98 Å². The van der Waals surface area contributed by atoms with Gasteiger partial charge in [0, 0.05) is 17.3 Å². The first-order valence-corrected chi connectivity index (χ1v) is 5.04. The number of rotatable bonds is 2. The Morgan fingerprint density at radius 3 is 3.00 bits per heavy atom. The first-order valence-electron chi connectivity index (χ1n) is 3.84. The van der Waals surface area contributed by atoms with Crippen molar-refractivity contribution in [1.29, 1.82) is 0 Å². The lowest BCUT2D eigenvalue weighted by Crippen LogP contribution is -1.98. The van der Waals surface area contributed by atoms with Crippen LogP contribution in [0.1, 0.15) is 10.6 Å². The van der Waals surface area contributed by atoms with E-state index in [1.54, 1.807) is 6.20 Å². The predicted molar refractivity (Wildman–Crippen MR) is 53.2 cm³/mol. The van der Waals surface area contributed by atoms with Crippen molar-refractivity contribution in [2.75, 3.05) is 0 Å². The SMILES string of the molecule is Cc1ccn(Cc2cnc(Cl)s2)n1. The first kappa shape index (κ1) is 8.72. The van der Waals surface area contributed by atoms with Crippen LogP contribution in [0.2, 0.25) is 4.47 Å². The third-order valence-electron chi connectivity index (χ3n) is 1.62. The Bertz CT molecular complexity index is 369. The van der Waals surface area contributed by atoms with Crippen molar-refractivity contribution in [2.24, 2.45) is 0 Å². The van der Waals surface area contributed by atoms with E-state index in [0.29, 0.717) is 4.47 Å². The van der Waals surface area contributed by atoms with Gasteiger partial charge in [0.1, 0.15) is 0 Å². The van der Waals surface area contributed by atoms with E-state index >= 15 is 0 Å². The normalized spacial score (nSPS) is 10.6. The number of thiazole rings is 1. The molecule has 0 spiro atoms. The van der Waals surface area contributed by atoms with Gasteiger partial charge in [-0.05, 0) is 13.0 Å². The smallest absolute Gasteiger partial charge is 0.183 e. The molecule has 3 nitrogen and oxygen atoms in total. The van der Waals surface area contributed by atoms with E-state index in [1.807, 2.05) is 23.9 Å². The molecule has 2 aromatic rings. The van der Waals surface area contributed by atoms with Crippen molar-refractivity contribution in [2.45, 2.75) is 13.5 Å². The van der Waals surface area contributed by atoms with Gasteiger partial charge in [-0.2, -0.15) is 5.10 Å².